The van der Waals surface area contributed by atoms with Crippen LogP contribution < -0.4 is 15.8 Å². The zero-order valence-corrected chi connectivity index (χ0v) is 12.4. The zero-order chi connectivity index (χ0) is 13.7. The maximum atomic E-state index is 10.6. The summed E-state index contributed by atoms with van der Waals surface area (Å²) in [5, 5.41) is 3.36. The van der Waals surface area contributed by atoms with E-state index < -0.39 is 0 Å². The first kappa shape index (κ1) is 14.3. The first-order chi connectivity index (χ1) is 9.15. The lowest BCUT2D eigenvalue weighted by Crippen LogP contribution is -2.30. The first-order valence-corrected chi connectivity index (χ1v) is 7.38. The molecule has 0 spiro atoms. The third kappa shape index (κ3) is 4.51. The van der Waals surface area contributed by atoms with Gasteiger partial charge in [-0.15, -0.1) is 0 Å². The second-order valence-corrected chi connectivity index (χ2v) is 5.74. The first-order valence-electron chi connectivity index (χ1n) is 6.59. The van der Waals surface area contributed by atoms with Gasteiger partial charge < -0.3 is 15.8 Å². The van der Waals surface area contributed by atoms with Gasteiger partial charge in [0.15, 0.2) is 0 Å². The SMILES string of the molecule is NC(=O)CCCCNCC1Cc2cc(Br)ccc2O1. The molecule has 1 unspecified atom stereocenters. The number of nitrogens with two attached hydrogens (primary N) is 1. The van der Waals surface area contributed by atoms with E-state index in [1.807, 2.05) is 12.1 Å². The number of carbonyl (C=O) groups is 1. The molecule has 0 aliphatic carbocycles. The molecule has 1 aromatic carbocycles. The summed E-state index contributed by atoms with van der Waals surface area (Å²) in [5.74, 6) is 0.767. The molecule has 1 aliphatic heterocycles. The largest absolute Gasteiger partial charge is 0.488 e. The van der Waals surface area contributed by atoms with Crippen LogP contribution in [0.15, 0.2) is 22.7 Å². The predicted molar refractivity (Wildman–Crippen MR) is 78.2 cm³/mol. The summed E-state index contributed by atoms with van der Waals surface area (Å²) in [6.07, 6.45) is 3.44. The van der Waals surface area contributed by atoms with Gasteiger partial charge in [0.05, 0.1) is 0 Å². The summed E-state index contributed by atoms with van der Waals surface area (Å²) >= 11 is 3.47. The molecule has 0 aromatic heterocycles. The molecule has 5 heteroatoms. The fourth-order valence-corrected chi connectivity index (χ4v) is 2.62. The molecule has 1 amide bonds. The van der Waals surface area contributed by atoms with E-state index in [1.54, 1.807) is 0 Å². The Hall–Kier alpha value is -1.07. The number of primary amides is 1. The minimum atomic E-state index is -0.222. The van der Waals surface area contributed by atoms with Gasteiger partial charge in [-0.3, -0.25) is 4.79 Å². The second-order valence-electron chi connectivity index (χ2n) is 4.82. The van der Waals surface area contributed by atoms with Gasteiger partial charge in [-0.05, 0) is 43.1 Å². The van der Waals surface area contributed by atoms with Crippen LogP contribution in [0.1, 0.15) is 24.8 Å². The quantitative estimate of drug-likeness (QED) is 0.753. The van der Waals surface area contributed by atoms with Crippen LogP contribution in [0.25, 0.3) is 0 Å². The summed E-state index contributed by atoms with van der Waals surface area (Å²) in [7, 11) is 0. The number of rotatable bonds is 7. The molecule has 1 heterocycles. The fraction of sp³-hybridized carbons (Fsp3) is 0.500. The molecular formula is C14H19BrN2O2. The van der Waals surface area contributed by atoms with Crippen LogP contribution >= 0.6 is 15.9 Å². The number of benzene rings is 1. The minimum absolute atomic E-state index is 0.209. The Bertz CT molecular complexity index is 451. The Morgan fingerprint density at radius 2 is 2.32 bits per heavy atom. The fourth-order valence-electron chi connectivity index (χ4n) is 2.22. The monoisotopic (exact) mass is 326 g/mol. The van der Waals surface area contributed by atoms with Crippen molar-refractivity contribution >= 4 is 21.8 Å². The highest BCUT2D eigenvalue weighted by Crippen LogP contribution is 2.30. The van der Waals surface area contributed by atoms with Crippen molar-refractivity contribution in [3.63, 3.8) is 0 Å². The van der Waals surface area contributed by atoms with Crippen molar-refractivity contribution in [2.45, 2.75) is 31.8 Å². The zero-order valence-electron chi connectivity index (χ0n) is 10.8. The average molecular weight is 327 g/mol. The van der Waals surface area contributed by atoms with Crippen LogP contribution in [0, 0.1) is 0 Å². The molecule has 0 saturated carbocycles. The van der Waals surface area contributed by atoms with E-state index in [-0.39, 0.29) is 12.0 Å². The van der Waals surface area contributed by atoms with Gasteiger partial charge in [-0.1, -0.05) is 15.9 Å². The highest BCUT2D eigenvalue weighted by Gasteiger charge is 2.22. The number of ether oxygens (including phenoxy) is 1. The van der Waals surface area contributed by atoms with Crippen LogP contribution in [0.2, 0.25) is 0 Å². The number of amides is 1. The molecule has 0 saturated heterocycles. The van der Waals surface area contributed by atoms with Gasteiger partial charge in [0.2, 0.25) is 5.91 Å². The van der Waals surface area contributed by atoms with Crippen molar-refractivity contribution in [3.05, 3.63) is 28.2 Å². The number of nitrogens with one attached hydrogen (secondary N) is 1. The number of hydrogen-bond donors (Lipinski definition) is 2. The Labute approximate surface area is 121 Å². The summed E-state index contributed by atoms with van der Waals surface area (Å²) in [5.41, 5.74) is 6.34. The topological polar surface area (TPSA) is 64.4 Å². The normalized spacial score (nSPS) is 17.0. The highest BCUT2D eigenvalue weighted by molar-refractivity contribution is 9.10. The lowest BCUT2D eigenvalue weighted by Gasteiger charge is -2.11. The van der Waals surface area contributed by atoms with Crippen molar-refractivity contribution in [1.29, 1.82) is 0 Å². The number of unbranched alkanes of at least 4 members (excludes halogenated alkanes) is 1. The summed E-state index contributed by atoms with van der Waals surface area (Å²) in [6.45, 7) is 1.73. The molecule has 1 atom stereocenters. The predicted octanol–water partition coefficient (Wildman–Crippen LogP) is 2.00. The van der Waals surface area contributed by atoms with Crippen LogP contribution in [0.4, 0.5) is 0 Å². The molecule has 19 heavy (non-hydrogen) atoms. The third-order valence-corrected chi connectivity index (χ3v) is 3.66. The van der Waals surface area contributed by atoms with E-state index in [1.165, 1.54) is 5.56 Å². The van der Waals surface area contributed by atoms with Crippen LogP contribution in [-0.4, -0.2) is 25.1 Å². The van der Waals surface area contributed by atoms with Crippen molar-refractivity contribution in [2.24, 2.45) is 5.73 Å². The summed E-state index contributed by atoms with van der Waals surface area (Å²) in [4.78, 5) is 10.6. The van der Waals surface area contributed by atoms with Crippen LogP contribution in [0.5, 0.6) is 5.75 Å². The second kappa shape index (κ2) is 6.91. The molecule has 104 valence electrons. The van der Waals surface area contributed by atoms with Gasteiger partial charge in [-0.2, -0.15) is 0 Å². The van der Waals surface area contributed by atoms with Crippen LogP contribution in [0.3, 0.4) is 0 Å². The van der Waals surface area contributed by atoms with Gasteiger partial charge in [0.1, 0.15) is 11.9 Å². The van der Waals surface area contributed by atoms with E-state index in [0.717, 1.165) is 42.6 Å². The third-order valence-electron chi connectivity index (χ3n) is 3.16. The molecule has 0 radical (unpaired) electrons. The van der Waals surface area contributed by atoms with E-state index >= 15 is 0 Å². The number of fused-ring (bicyclic) bond motifs is 1. The Morgan fingerprint density at radius 3 is 3.11 bits per heavy atom. The van der Waals surface area contributed by atoms with Crippen molar-refractivity contribution in [2.75, 3.05) is 13.1 Å². The van der Waals surface area contributed by atoms with Gasteiger partial charge in [-0.25, -0.2) is 0 Å². The van der Waals surface area contributed by atoms with Crippen molar-refractivity contribution in [1.82, 2.24) is 5.32 Å². The lowest BCUT2D eigenvalue weighted by molar-refractivity contribution is -0.118. The van der Waals surface area contributed by atoms with Gasteiger partial charge in [0, 0.05) is 23.9 Å². The van der Waals surface area contributed by atoms with Gasteiger partial charge in [0.25, 0.3) is 0 Å². The minimum Gasteiger partial charge on any atom is -0.488 e. The molecule has 1 aromatic rings. The number of carbonyl (C=O) groups excluding carboxylic acids is 1. The molecule has 3 N–H and O–H groups in total. The standard InChI is InChI=1S/C14H19BrN2O2/c15-11-4-5-13-10(7-11)8-12(19-13)9-17-6-2-1-3-14(16)18/h4-5,7,12,17H,1-3,6,8-9H2,(H2,16,18). The van der Waals surface area contributed by atoms with Crippen LogP contribution in [-0.2, 0) is 11.2 Å². The van der Waals surface area contributed by atoms with Crippen molar-refractivity contribution in [3.8, 4) is 5.75 Å². The van der Waals surface area contributed by atoms with E-state index in [2.05, 4.69) is 27.3 Å². The smallest absolute Gasteiger partial charge is 0.217 e. The molecule has 0 bridgehead atoms. The molecular weight excluding hydrogens is 308 g/mol. The maximum Gasteiger partial charge on any atom is 0.217 e. The molecule has 2 rings (SSSR count). The Morgan fingerprint density at radius 1 is 1.47 bits per heavy atom. The molecule has 0 fully saturated rings. The number of hydrogen-bond acceptors (Lipinski definition) is 3. The Balaban J connectivity index is 1.63. The van der Waals surface area contributed by atoms with E-state index in [9.17, 15) is 4.79 Å². The van der Waals surface area contributed by atoms with E-state index in [4.69, 9.17) is 10.5 Å². The molecule has 4 nitrogen and oxygen atoms in total. The Kier molecular flexibility index (Phi) is 5.22. The number of halogens is 1. The summed E-state index contributed by atoms with van der Waals surface area (Å²) < 4.78 is 6.94. The average Bonchev–Trinajstić information content (AvgIpc) is 2.75. The van der Waals surface area contributed by atoms with Gasteiger partial charge >= 0.3 is 0 Å². The van der Waals surface area contributed by atoms with Crippen molar-refractivity contribution < 1.29 is 9.53 Å². The summed E-state index contributed by atoms with van der Waals surface area (Å²) in [6, 6.07) is 6.12. The van der Waals surface area contributed by atoms with E-state index in [0.29, 0.717) is 6.42 Å². The molecule has 1 aliphatic rings. The highest BCUT2D eigenvalue weighted by atomic mass is 79.9. The maximum absolute atomic E-state index is 10.6. The lowest BCUT2D eigenvalue weighted by atomic mass is 10.1.